The van der Waals surface area contributed by atoms with Crippen molar-refractivity contribution in [3.05, 3.63) is 29.8 Å². The van der Waals surface area contributed by atoms with Gasteiger partial charge in [0.15, 0.2) is 0 Å². The van der Waals surface area contributed by atoms with Gasteiger partial charge in [0.1, 0.15) is 5.75 Å². The average molecular weight is 323 g/mol. The Labute approximate surface area is 140 Å². The second-order valence-electron chi connectivity index (χ2n) is 5.83. The maximum Gasteiger partial charge on any atom is 0.335 e. The monoisotopic (exact) mass is 323 g/mol. The second-order valence-corrected chi connectivity index (χ2v) is 5.83. The van der Waals surface area contributed by atoms with Gasteiger partial charge in [0, 0.05) is 0 Å². The number of hydrogen-bond acceptors (Lipinski definition) is 3. The normalized spacial score (nSPS) is 10.0. The van der Waals surface area contributed by atoms with E-state index in [0.717, 1.165) is 6.54 Å². The number of unbranched alkanes of at least 4 members (excludes halogenated alkanes) is 9. The molecule has 23 heavy (non-hydrogen) atoms. The van der Waals surface area contributed by atoms with E-state index in [1.54, 1.807) is 0 Å². The fraction of sp³-hybridized carbons (Fsp3) is 0.632. The molecule has 0 radical (unpaired) electrons. The van der Waals surface area contributed by atoms with Gasteiger partial charge >= 0.3 is 5.97 Å². The first-order chi connectivity index (χ1) is 11.1. The summed E-state index contributed by atoms with van der Waals surface area (Å²) in [5.41, 5.74) is 5.52. The molecule has 4 N–H and O–H groups in total. The fourth-order valence-corrected chi connectivity index (χ4v) is 2.27. The van der Waals surface area contributed by atoms with E-state index in [1.807, 2.05) is 0 Å². The van der Waals surface area contributed by atoms with Gasteiger partial charge in [0.05, 0.1) is 5.56 Å². The van der Waals surface area contributed by atoms with Crippen LogP contribution in [0.15, 0.2) is 24.3 Å². The molecule has 1 rings (SSSR count). The van der Waals surface area contributed by atoms with E-state index in [9.17, 15) is 4.79 Å². The minimum atomic E-state index is -1.03. The van der Waals surface area contributed by atoms with Crippen LogP contribution in [0.1, 0.15) is 81.5 Å². The second kappa shape index (κ2) is 15.3. The molecule has 0 saturated carbocycles. The van der Waals surface area contributed by atoms with E-state index in [2.05, 4.69) is 6.92 Å². The van der Waals surface area contributed by atoms with Crippen LogP contribution in [-0.4, -0.2) is 22.7 Å². The molecule has 0 spiro atoms. The summed E-state index contributed by atoms with van der Waals surface area (Å²) in [5, 5.41) is 17.2. The number of carboxylic acids is 1. The highest BCUT2D eigenvalue weighted by molar-refractivity contribution is 5.87. The van der Waals surface area contributed by atoms with Crippen molar-refractivity contribution in [1.29, 1.82) is 0 Å². The fourth-order valence-electron chi connectivity index (χ4n) is 2.27. The van der Waals surface area contributed by atoms with Gasteiger partial charge in [0.2, 0.25) is 0 Å². The Hall–Kier alpha value is -1.55. The Bertz CT molecular complexity index is 397. The zero-order valence-electron chi connectivity index (χ0n) is 14.5. The van der Waals surface area contributed by atoms with Crippen LogP contribution in [-0.2, 0) is 0 Å². The van der Waals surface area contributed by atoms with Gasteiger partial charge in [-0.3, -0.25) is 0 Å². The van der Waals surface area contributed by atoms with Crippen LogP contribution in [0.2, 0.25) is 0 Å². The Morgan fingerprint density at radius 3 is 1.87 bits per heavy atom. The molecule has 0 aliphatic heterocycles. The molecule has 0 heterocycles. The first-order valence-electron chi connectivity index (χ1n) is 8.84. The predicted molar refractivity (Wildman–Crippen MR) is 96.0 cm³/mol. The molecular formula is C19H33NO3. The Morgan fingerprint density at radius 2 is 1.48 bits per heavy atom. The summed E-state index contributed by atoms with van der Waals surface area (Å²) in [7, 11) is 0. The molecule has 4 nitrogen and oxygen atoms in total. The van der Waals surface area contributed by atoms with Crippen LogP contribution in [0.25, 0.3) is 0 Å². The van der Waals surface area contributed by atoms with Crippen molar-refractivity contribution >= 4 is 5.97 Å². The van der Waals surface area contributed by atoms with Crippen molar-refractivity contribution < 1.29 is 15.0 Å². The van der Waals surface area contributed by atoms with Gasteiger partial charge in [-0.2, -0.15) is 0 Å². The van der Waals surface area contributed by atoms with Crippen LogP contribution in [0.5, 0.6) is 5.75 Å². The zero-order valence-corrected chi connectivity index (χ0v) is 14.5. The van der Waals surface area contributed by atoms with Gasteiger partial charge in [-0.05, 0) is 31.2 Å². The Morgan fingerprint density at radius 1 is 0.957 bits per heavy atom. The number of carbonyl (C=O) groups is 1. The summed E-state index contributed by atoms with van der Waals surface area (Å²) in [4.78, 5) is 10.2. The van der Waals surface area contributed by atoms with E-state index in [1.165, 1.54) is 88.5 Å². The number of aromatic hydroxyl groups is 1. The number of phenols is 1. The summed E-state index contributed by atoms with van der Waals surface area (Å²) in [6.07, 6.45) is 13.9. The van der Waals surface area contributed by atoms with Gasteiger partial charge in [-0.25, -0.2) is 4.79 Å². The van der Waals surface area contributed by atoms with Crippen LogP contribution >= 0.6 is 0 Å². The van der Waals surface area contributed by atoms with Crippen molar-refractivity contribution in [2.75, 3.05) is 6.54 Å². The molecule has 1 aromatic rings. The summed E-state index contributed by atoms with van der Waals surface area (Å²) in [5.74, 6) is -1.06. The molecule has 0 fully saturated rings. The first-order valence-corrected chi connectivity index (χ1v) is 8.84. The lowest BCUT2D eigenvalue weighted by atomic mass is 10.1. The third-order valence-corrected chi connectivity index (χ3v) is 3.65. The quantitative estimate of drug-likeness (QED) is 0.503. The topological polar surface area (TPSA) is 83.6 Å². The standard InChI is InChI=1S/C12H27N.C7H6O3/c1-2-3-4-5-6-7-8-9-10-11-12-13;8-6-3-1-2-5(4-6)7(9)10/h2-13H2,1H3;1-4,8H,(H,9,10). The van der Waals surface area contributed by atoms with Crippen LogP contribution in [0.3, 0.4) is 0 Å². The highest BCUT2D eigenvalue weighted by Gasteiger charge is 2.00. The highest BCUT2D eigenvalue weighted by Crippen LogP contribution is 2.10. The Balaban J connectivity index is 0.000000433. The van der Waals surface area contributed by atoms with Gasteiger partial charge in [0.25, 0.3) is 0 Å². The molecule has 0 aliphatic rings. The van der Waals surface area contributed by atoms with Crippen molar-refractivity contribution in [2.45, 2.75) is 71.1 Å². The number of hydrogen-bond donors (Lipinski definition) is 3. The SMILES string of the molecule is CCCCCCCCCCCCN.O=C(O)c1cccc(O)c1. The molecule has 0 aromatic heterocycles. The van der Waals surface area contributed by atoms with Crippen molar-refractivity contribution in [3.8, 4) is 5.75 Å². The van der Waals surface area contributed by atoms with Crippen LogP contribution < -0.4 is 5.73 Å². The molecule has 0 aliphatic carbocycles. The number of nitrogens with two attached hydrogens (primary N) is 1. The van der Waals surface area contributed by atoms with E-state index < -0.39 is 5.97 Å². The summed E-state index contributed by atoms with van der Waals surface area (Å²) < 4.78 is 0. The lowest BCUT2D eigenvalue weighted by molar-refractivity contribution is 0.0696. The molecule has 0 atom stereocenters. The molecule has 0 bridgehead atoms. The van der Waals surface area contributed by atoms with Crippen molar-refractivity contribution in [3.63, 3.8) is 0 Å². The van der Waals surface area contributed by atoms with Crippen LogP contribution in [0.4, 0.5) is 0 Å². The number of phenolic OH excluding ortho intramolecular Hbond substituents is 1. The maximum absolute atomic E-state index is 10.2. The van der Waals surface area contributed by atoms with E-state index in [4.69, 9.17) is 15.9 Å². The van der Waals surface area contributed by atoms with Gasteiger partial charge in [-0.1, -0.05) is 70.8 Å². The van der Waals surface area contributed by atoms with E-state index >= 15 is 0 Å². The maximum atomic E-state index is 10.2. The number of rotatable bonds is 11. The summed E-state index contributed by atoms with van der Waals surface area (Å²) in [6.45, 7) is 3.14. The molecule has 0 unspecified atom stereocenters. The largest absolute Gasteiger partial charge is 0.508 e. The smallest absolute Gasteiger partial charge is 0.335 e. The Kier molecular flexibility index (Phi) is 14.3. The van der Waals surface area contributed by atoms with Gasteiger partial charge < -0.3 is 15.9 Å². The number of benzene rings is 1. The van der Waals surface area contributed by atoms with E-state index in [0.29, 0.717) is 0 Å². The predicted octanol–water partition coefficient (Wildman–Crippen LogP) is 4.96. The minimum Gasteiger partial charge on any atom is -0.508 e. The summed E-state index contributed by atoms with van der Waals surface area (Å²) in [6, 6.07) is 5.52. The minimum absolute atomic E-state index is 0.0279. The van der Waals surface area contributed by atoms with Crippen LogP contribution in [0, 0.1) is 0 Å². The molecule has 0 saturated heterocycles. The summed E-state index contributed by atoms with van der Waals surface area (Å²) >= 11 is 0. The molecule has 0 amide bonds. The molecule has 4 heteroatoms. The molecule has 1 aromatic carbocycles. The number of carboxylic acid groups (broad SMARTS) is 1. The molecular weight excluding hydrogens is 290 g/mol. The lowest BCUT2D eigenvalue weighted by Gasteiger charge is -2.00. The highest BCUT2D eigenvalue weighted by atomic mass is 16.4. The average Bonchev–Trinajstić information content (AvgIpc) is 2.54. The van der Waals surface area contributed by atoms with E-state index in [-0.39, 0.29) is 11.3 Å². The number of aromatic carboxylic acids is 1. The van der Waals surface area contributed by atoms with Crippen molar-refractivity contribution in [1.82, 2.24) is 0 Å². The third-order valence-electron chi connectivity index (χ3n) is 3.65. The lowest BCUT2D eigenvalue weighted by Crippen LogP contribution is -1.97. The zero-order chi connectivity index (χ0) is 17.3. The molecule has 132 valence electrons. The third kappa shape index (κ3) is 13.8. The van der Waals surface area contributed by atoms with Gasteiger partial charge in [-0.15, -0.1) is 0 Å². The van der Waals surface area contributed by atoms with Crippen molar-refractivity contribution in [2.24, 2.45) is 5.73 Å². The first kappa shape index (κ1) is 21.4.